The van der Waals surface area contributed by atoms with Gasteiger partial charge in [0.15, 0.2) is 6.54 Å². The summed E-state index contributed by atoms with van der Waals surface area (Å²) in [6.45, 7) is 5.35. The SMILES string of the molecule is CCc1ccccc1NC(=O)C[NH+]1CCN(C(=O)c2ccc(Cl)s2)CC1. The zero-order chi connectivity index (χ0) is 18.5. The first-order chi connectivity index (χ1) is 12.6. The number of nitrogens with zero attached hydrogens (tertiary/aromatic N) is 1. The number of benzene rings is 1. The van der Waals surface area contributed by atoms with Gasteiger partial charge in [-0.1, -0.05) is 36.7 Å². The Hall–Kier alpha value is -1.89. The molecule has 2 amide bonds. The molecule has 0 saturated carbocycles. The average molecular weight is 393 g/mol. The number of anilines is 1. The summed E-state index contributed by atoms with van der Waals surface area (Å²) in [5.41, 5.74) is 2.03. The number of rotatable bonds is 5. The molecule has 0 aliphatic carbocycles. The summed E-state index contributed by atoms with van der Waals surface area (Å²) in [6, 6.07) is 11.4. The highest BCUT2D eigenvalue weighted by Crippen LogP contribution is 2.22. The van der Waals surface area contributed by atoms with Crippen LogP contribution in [0.2, 0.25) is 4.34 Å². The molecule has 3 rings (SSSR count). The summed E-state index contributed by atoms with van der Waals surface area (Å²) in [6.07, 6.45) is 0.886. The number of quaternary nitrogens is 1. The number of thiophene rings is 1. The maximum atomic E-state index is 12.4. The van der Waals surface area contributed by atoms with E-state index >= 15 is 0 Å². The van der Waals surface area contributed by atoms with E-state index < -0.39 is 0 Å². The lowest BCUT2D eigenvalue weighted by atomic mass is 10.1. The number of halogens is 1. The molecule has 1 aliphatic rings. The molecule has 0 spiro atoms. The molecule has 1 aromatic heterocycles. The Morgan fingerprint density at radius 1 is 1.19 bits per heavy atom. The van der Waals surface area contributed by atoms with E-state index in [4.69, 9.17) is 11.6 Å². The van der Waals surface area contributed by atoms with E-state index in [1.165, 1.54) is 16.2 Å². The van der Waals surface area contributed by atoms with Crippen molar-refractivity contribution in [2.75, 3.05) is 38.0 Å². The van der Waals surface area contributed by atoms with E-state index in [0.717, 1.165) is 30.8 Å². The van der Waals surface area contributed by atoms with Gasteiger partial charge in [0.05, 0.1) is 35.4 Å². The Labute approximate surface area is 162 Å². The van der Waals surface area contributed by atoms with E-state index in [0.29, 0.717) is 28.8 Å². The van der Waals surface area contributed by atoms with Crippen molar-refractivity contribution < 1.29 is 14.5 Å². The van der Waals surface area contributed by atoms with E-state index in [1.54, 1.807) is 12.1 Å². The van der Waals surface area contributed by atoms with Gasteiger partial charge in [0, 0.05) is 5.69 Å². The third kappa shape index (κ3) is 4.63. The van der Waals surface area contributed by atoms with Crippen LogP contribution in [0.4, 0.5) is 5.69 Å². The topological polar surface area (TPSA) is 53.9 Å². The number of para-hydroxylation sites is 1. The quantitative estimate of drug-likeness (QED) is 0.817. The predicted molar refractivity (Wildman–Crippen MR) is 105 cm³/mol. The van der Waals surface area contributed by atoms with Crippen LogP contribution in [0.25, 0.3) is 0 Å². The van der Waals surface area contributed by atoms with Crippen molar-refractivity contribution in [3.8, 4) is 0 Å². The van der Waals surface area contributed by atoms with E-state index in [1.807, 2.05) is 29.2 Å². The highest BCUT2D eigenvalue weighted by atomic mass is 35.5. The van der Waals surface area contributed by atoms with Crippen LogP contribution >= 0.6 is 22.9 Å². The highest BCUT2D eigenvalue weighted by Gasteiger charge is 2.26. The van der Waals surface area contributed by atoms with Crippen LogP contribution in [-0.4, -0.2) is 49.4 Å². The standard InChI is InChI=1S/C19H22ClN3O2S/c1-2-14-5-3-4-6-15(14)21-18(24)13-22-9-11-23(12-10-22)19(25)16-7-8-17(20)26-16/h3-8H,2,9-13H2,1H3,(H,21,24)/p+1. The second kappa shape index (κ2) is 8.66. The zero-order valence-corrected chi connectivity index (χ0v) is 16.3. The third-order valence-electron chi connectivity index (χ3n) is 4.62. The number of carbonyl (C=O) groups excluding carboxylic acids is 2. The van der Waals surface area contributed by atoms with Crippen LogP contribution in [0.15, 0.2) is 36.4 Å². The fourth-order valence-corrected chi connectivity index (χ4v) is 4.17. The monoisotopic (exact) mass is 392 g/mol. The fraction of sp³-hybridized carbons (Fsp3) is 0.368. The van der Waals surface area contributed by atoms with Gasteiger partial charge in [0.1, 0.15) is 0 Å². The molecule has 0 unspecified atom stereocenters. The molecule has 26 heavy (non-hydrogen) atoms. The largest absolute Gasteiger partial charge is 0.327 e. The first-order valence-electron chi connectivity index (χ1n) is 8.82. The van der Waals surface area contributed by atoms with Gasteiger partial charge in [-0.25, -0.2) is 0 Å². The fourth-order valence-electron chi connectivity index (χ4n) is 3.16. The maximum absolute atomic E-state index is 12.4. The van der Waals surface area contributed by atoms with Crippen molar-refractivity contribution in [1.82, 2.24) is 4.90 Å². The normalized spacial score (nSPS) is 15.1. The lowest BCUT2D eigenvalue weighted by Gasteiger charge is -2.31. The molecule has 5 nitrogen and oxygen atoms in total. The van der Waals surface area contributed by atoms with Crippen LogP contribution in [0.1, 0.15) is 22.2 Å². The molecule has 138 valence electrons. The van der Waals surface area contributed by atoms with E-state index in [2.05, 4.69) is 12.2 Å². The van der Waals surface area contributed by atoms with Crippen molar-refractivity contribution in [2.24, 2.45) is 0 Å². The van der Waals surface area contributed by atoms with Crippen LogP contribution < -0.4 is 10.2 Å². The first-order valence-corrected chi connectivity index (χ1v) is 10.0. The Bertz CT molecular complexity index is 785. The lowest BCUT2D eigenvalue weighted by Crippen LogP contribution is -3.15. The third-order valence-corrected chi connectivity index (χ3v) is 5.84. The molecule has 0 atom stereocenters. The minimum Gasteiger partial charge on any atom is -0.327 e. The molecule has 2 aromatic rings. The molecule has 1 saturated heterocycles. The smallest absolute Gasteiger partial charge is 0.279 e. The van der Waals surface area contributed by atoms with Crippen LogP contribution in [0, 0.1) is 0 Å². The second-order valence-electron chi connectivity index (χ2n) is 6.38. The summed E-state index contributed by atoms with van der Waals surface area (Å²) >= 11 is 7.22. The minimum atomic E-state index is 0.0192. The molecule has 0 bridgehead atoms. The number of amides is 2. The number of hydrogen-bond acceptors (Lipinski definition) is 3. The Balaban J connectivity index is 1.49. The lowest BCUT2D eigenvalue weighted by molar-refractivity contribution is -0.895. The second-order valence-corrected chi connectivity index (χ2v) is 8.10. The molecule has 0 radical (unpaired) electrons. The van der Waals surface area contributed by atoms with Crippen LogP contribution in [-0.2, 0) is 11.2 Å². The van der Waals surface area contributed by atoms with Gasteiger partial charge in [0.25, 0.3) is 11.8 Å². The van der Waals surface area contributed by atoms with Gasteiger partial charge < -0.3 is 15.1 Å². The summed E-state index contributed by atoms with van der Waals surface area (Å²) in [7, 11) is 0. The Kier molecular flexibility index (Phi) is 6.29. The van der Waals surface area contributed by atoms with E-state index in [9.17, 15) is 9.59 Å². The highest BCUT2D eigenvalue weighted by molar-refractivity contribution is 7.17. The number of hydrogen-bond donors (Lipinski definition) is 2. The van der Waals surface area contributed by atoms with Crippen molar-refractivity contribution in [2.45, 2.75) is 13.3 Å². The summed E-state index contributed by atoms with van der Waals surface area (Å²) < 4.78 is 0.627. The van der Waals surface area contributed by atoms with Gasteiger partial charge >= 0.3 is 0 Å². The molecule has 1 fully saturated rings. The maximum Gasteiger partial charge on any atom is 0.279 e. The van der Waals surface area contributed by atoms with Crippen LogP contribution in [0.5, 0.6) is 0 Å². The molecule has 1 aliphatic heterocycles. The molecule has 7 heteroatoms. The van der Waals surface area contributed by atoms with Crippen molar-refractivity contribution in [1.29, 1.82) is 0 Å². The summed E-state index contributed by atoms with van der Waals surface area (Å²) in [5, 5.41) is 3.02. The van der Waals surface area contributed by atoms with Gasteiger partial charge in [-0.15, -0.1) is 11.3 Å². The van der Waals surface area contributed by atoms with Crippen molar-refractivity contribution >= 4 is 40.4 Å². The average Bonchev–Trinajstić information content (AvgIpc) is 3.08. The van der Waals surface area contributed by atoms with E-state index in [-0.39, 0.29) is 11.8 Å². The molecule has 2 heterocycles. The first kappa shape index (κ1) is 18.9. The number of piperazine rings is 1. The van der Waals surface area contributed by atoms with Crippen LogP contribution in [0.3, 0.4) is 0 Å². The van der Waals surface area contributed by atoms with Gasteiger partial charge in [0.2, 0.25) is 0 Å². The number of carbonyl (C=O) groups is 2. The van der Waals surface area contributed by atoms with Gasteiger partial charge in [-0.05, 0) is 30.2 Å². The molecular weight excluding hydrogens is 370 g/mol. The summed E-state index contributed by atoms with van der Waals surface area (Å²) in [5.74, 6) is 0.0491. The Morgan fingerprint density at radius 3 is 2.58 bits per heavy atom. The summed E-state index contributed by atoms with van der Waals surface area (Å²) in [4.78, 5) is 28.5. The van der Waals surface area contributed by atoms with Crippen molar-refractivity contribution in [3.63, 3.8) is 0 Å². The molecular formula is C19H23ClN3O2S+. The Morgan fingerprint density at radius 2 is 1.92 bits per heavy atom. The number of nitrogens with one attached hydrogen (secondary N) is 2. The van der Waals surface area contributed by atoms with Gasteiger partial charge in [-0.2, -0.15) is 0 Å². The minimum absolute atomic E-state index is 0.0192. The molecule has 1 aromatic carbocycles. The van der Waals surface area contributed by atoms with Crippen molar-refractivity contribution in [3.05, 3.63) is 51.2 Å². The number of aryl methyl sites for hydroxylation is 1. The van der Waals surface area contributed by atoms with Gasteiger partial charge in [-0.3, -0.25) is 9.59 Å². The molecule has 2 N–H and O–H groups in total. The zero-order valence-electron chi connectivity index (χ0n) is 14.8. The predicted octanol–water partition coefficient (Wildman–Crippen LogP) is 1.94.